The van der Waals surface area contributed by atoms with Crippen LogP contribution in [0.2, 0.25) is 4.34 Å². The summed E-state index contributed by atoms with van der Waals surface area (Å²) >= 11 is 12.1. The molecule has 0 spiro atoms. The molecule has 0 aliphatic heterocycles. The van der Waals surface area contributed by atoms with E-state index in [2.05, 4.69) is 25.9 Å². The highest BCUT2D eigenvalue weighted by Gasteiger charge is 2.15. The van der Waals surface area contributed by atoms with Crippen molar-refractivity contribution in [2.24, 2.45) is 0 Å². The van der Waals surface area contributed by atoms with Gasteiger partial charge in [-0.25, -0.2) is 0 Å². The molecule has 12 heteroatoms. The Balaban J connectivity index is 0.000000201. The molecule has 4 heterocycles. The average molecular weight is 618 g/mol. The second kappa shape index (κ2) is 13.6. The van der Waals surface area contributed by atoms with Gasteiger partial charge in [0.2, 0.25) is 0 Å². The summed E-state index contributed by atoms with van der Waals surface area (Å²) in [4.78, 5) is 34.9. The topological polar surface area (TPSA) is 88.2 Å². The van der Waals surface area contributed by atoms with Crippen molar-refractivity contribution in [2.75, 3.05) is 13.2 Å². The van der Waals surface area contributed by atoms with E-state index in [1.165, 1.54) is 22.7 Å². The summed E-state index contributed by atoms with van der Waals surface area (Å²) in [5.41, 5.74) is -0.0917. The Kier molecular flexibility index (Phi) is 10.8. The number of aromatic nitrogens is 4. The molecule has 36 heavy (non-hydrogen) atoms. The third-order valence-corrected chi connectivity index (χ3v) is 7.63. The van der Waals surface area contributed by atoms with Gasteiger partial charge in [-0.05, 0) is 53.7 Å². The zero-order valence-corrected chi connectivity index (χ0v) is 24.8. The Morgan fingerprint density at radius 3 is 1.75 bits per heavy atom. The molecular weight excluding hydrogens is 588 g/mol. The van der Waals surface area contributed by atoms with Gasteiger partial charge in [-0.15, -0.1) is 22.7 Å². The summed E-state index contributed by atoms with van der Waals surface area (Å²) in [5, 5.41) is 1.23. The lowest BCUT2D eigenvalue weighted by Crippen LogP contribution is -2.23. The number of halogens is 2. The SMILES string of the molecule is CCCOc1nc2sc(Br)cc2c(=O)n1CCC.CCCOc1nc2sc(Cl)cc2c(=O)n1CCC. The van der Waals surface area contributed by atoms with Crippen LogP contribution < -0.4 is 20.6 Å². The Hall–Kier alpha value is -1.95. The molecule has 0 fully saturated rings. The molecule has 4 rings (SSSR count). The van der Waals surface area contributed by atoms with Crippen molar-refractivity contribution in [3.8, 4) is 12.0 Å². The maximum atomic E-state index is 12.3. The van der Waals surface area contributed by atoms with Gasteiger partial charge in [0.25, 0.3) is 11.1 Å². The fourth-order valence-corrected chi connectivity index (χ4v) is 5.88. The van der Waals surface area contributed by atoms with Gasteiger partial charge in [0.15, 0.2) is 0 Å². The molecule has 8 nitrogen and oxygen atoms in total. The van der Waals surface area contributed by atoms with E-state index in [0.29, 0.717) is 58.3 Å². The van der Waals surface area contributed by atoms with E-state index in [9.17, 15) is 9.59 Å². The number of nitrogens with zero attached hydrogens (tertiary/aromatic N) is 4. The van der Waals surface area contributed by atoms with E-state index in [1.807, 2.05) is 33.8 Å². The predicted molar refractivity (Wildman–Crippen MR) is 153 cm³/mol. The van der Waals surface area contributed by atoms with Gasteiger partial charge in [-0.1, -0.05) is 39.3 Å². The summed E-state index contributed by atoms with van der Waals surface area (Å²) in [6, 6.07) is 4.33. The fraction of sp³-hybridized carbons (Fsp3) is 0.500. The van der Waals surface area contributed by atoms with E-state index in [4.69, 9.17) is 21.1 Å². The summed E-state index contributed by atoms with van der Waals surface area (Å²) in [6.45, 7) is 10.5. The van der Waals surface area contributed by atoms with Gasteiger partial charge in [-0.3, -0.25) is 18.7 Å². The maximum absolute atomic E-state index is 12.3. The lowest BCUT2D eigenvalue weighted by atomic mass is 10.4. The van der Waals surface area contributed by atoms with E-state index < -0.39 is 0 Å². The standard InChI is InChI=1S/C12H15BrN2O2S.C12H15ClN2O2S/c2*1-3-5-15-11(16)8-7-9(13)18-10(8)14-12(15)17-6-4-2/h2*7H,3-6H2,1-2H3. The quantitative estimate of drug-likeness (QED) is 0.196. The predicted octanol–water partition coefficient (Wildman–Crippen LogP) is 6.73. The molecular formula is C24H30BrClN4O4S2. The number of rotatable bonds is 10. The number of hydrogen-bond acceptors (Lipinski definition) is 8. The first-order valence-electron chi connectivity index (χ1n) is 12.0. The number of fused-ring (bicyclic) bond motifs is 2. The van der Waals surface area contributed by atoms with Crippen LogP contribution in [0.15, 0.2) is 25.5 Å². The van der Waals surface area contributed by atoms with Crippen molar-refractivity contribution in [3.05, 3.63) is 41.0 Å². The monoisotopic (exact) mass is 616 g/mol. The van der Waals surface area contributed by atoms with Gasteiger partial charge in [0.05, 0.1) is 32.1 Å². The average Bonchev–Trinajstić information content (AvgIpc) is 3.42. The van der Waals surface area contributed by atoms with Crippen LogP contribution in [0.1, 0.15) is 53.4 Å². The van der Waals surface area contributed by atoms with Crippen LogP contribution in [0.3, 0.4) is 0 Å². The minimum atomic E-state index is -0.0731. The second-order valence-corrected chi connectivity index (χ2v) is 12.0. The van der Waals surface area contributed by atoms with Crippen LogP contribution in [0.5, 0.6) is 12.0 Å². The largest absolute Gasteiger partial charge is 0.465 e. The third kappa shape index (κ3) is 6.67. The third-order valence-electron chi connectivity index (χ3n) is 4.94. The Labute approximate surface area is 231 Å². The lowest BCUT2D eigenvalue weighted by molar-refractivity contribution is 0.272. The molecule has 4 aromatic heterocycles. The van der Waals surface area contributed by atoms with E-state index in [-0.39, 0.29) is 11.1 Å². The normalized spacial score (nSPS) is 11.1. The molecule has 0 bridgehead atoms. The molecule has 4 aromatic rings. The van der Waals surface area contributed by atoms with Crippen molar-refractivity contribution >= 4 is 70.6 Å². The van der Waals surface area contributed by atoms with E-state index in [0.717, 1.165) is 34.3 Å². The summed E-state index contributed by atoms with van der Waals surface area (Å²) in [6.07, 6.45) is 3.51. The van der Waals surface area contributed by atoms with Crippen molar-refractivity contribution in [3.63, 3.8) is 0 Å². The van der Waals surface area contributed by atoms with Gasteiger partial charge < -0.3 is 9.47 Å². The zero-order chi connectivity index (χ0) is 26.2. The highest BCUT2D eigenvalue weighted by molar-refractivity contribution is 9.11. The Bertz CT molecular complexity index is 1320. The van der Waals surface area contributed by atoms with E-state index in [1.54, 1.807) is 15.2 Å². The number of ether oxygens (including phenoxy) is 2. The van der Waals surface area contributed by atoms with Gasteiger partial charge >= 0.3 is 12.0 Å². The fourth-order valence-electron chi connectivity index (χ4n) is 3.38. The minimum Gasteiger partial charge on any atom is -0.465 e. The Morgan fingerprint density at radius 2 is 1.28 bits per heavy atom. The van der Waals surface area contributed by atoms with Crippen molar-refractivity contribution in [1.29, 1.82) is 0 Å². The maximum Gasteiger partial charge on any atom is 0.300 e. The number of hydrogen-bond donors (Lipinski definition) is 0. The summed E-state index contributed by atoms with van der Waals surface area (Å²) in [5.74, 6) is 0. The van der Waals surface area contributed by atoms with Crippen molar-refractivity contribution in [2.45, 2.75) is 66.5 Å². The molecule has 0 saturated carbocycles. The molecule has 0 aromatic carbocycles. The van der Waals surface area contributed by atoms with Crippen LogP contribution >= 0.6 is 50.2 Å². The highest BCUT2D eigenvalue weighted by atomic mass is 79.9. The molecule has 0 unspecified atom stereocenters. The first-order chi connectivity index (χ1) is 17.3. The Morgan fingerprint density at radius 1 is 0.806 bits per heavy atom. The molecule has 0 saturated heterocycles. The first kappa shape index (κ1) is 28.6. The molecule has 0 amide bonds. The van der Waals surface area contributed by atoms with Crippen LogP contribution in [-0.2, 0) is 13.1 Å². The molecule has 196 valence electrons. The zero-order valence-electron chi connectivity index (χ0n) is 20.8. The first-order valence-corrected chi connectivity index (χ1v) is 14.8. The molecule has 0 N–H and O–H groups in total. The second-order valence-electron chi connectivity index (χ2n) is 7.94. The van der Waals surface area contributed by atoms with Crippen LogP contribution in [-0.4, -0.2) is 32.3 Å². The van der Waals surface area contributed by atoms with Crippen LogP contribution in [0.4, 0.5) is 0 Å². The summed E-state index contributed by atoms with van der Waals surface area (Å²) < 4.78 is 15.8. The minimum absolute atomic E-state index is 0.0186. The molecule has 0 atom stereocenters. The highest BCUT2D eigenvalue weighted by Crippen LogP contribution is 2.28. The van der Waals surface area contributed by atoms with Gasteiger partial charge in [0, 0.05) is 13.1 Å². The van der Waals surface area contributed by atoms with Crippen molar-refractivity contribution in [1.82, 2.24) is 19.1 Å². The molecule has 0 aliphatic carbocycles. The van der Waals surface area contributed by atoms with Crippen LogP contribution in [0, 0.1) is 0 Å². The van der Waals surface area contributed by atoms with Crippen LogP contribution in [0.25, 0.3) is 20.4 Å². The van der Waals surface area contributed by atoms with Crippen molar-refractivity contribution < 1.29 is 9.47 Å². The van der Waals surface area contributed by atoms with Gasteiger partial charge in [-0.2, -0.15) is 9.97 Å². The molecule has 0 radical (unpaired) electrons. The molecule has 0 aliphatic rings. The van der Waals surface area contributed by atoms with Gasteiger partial charge in [0.1, 0.15) is 9.66 Å². The van der Waals surface area contributed by atoms with E-state index >= 15 is 0 Å². The summed E-state index contributed by atoms with van der Waals surface area (Å²) in [7, 11) is 0. The lowest BCUT2D eigenvalue weighted by Gasteiger charge is -2.11. The number of thiophene rings is 2. The smallest absolute Gasteiger partial charge is 0.300 e.